The number of carbonyl (C=O) groups is 1. The second kappa shape index (κ2) is 6.60. The average Bonchev–Trinajstić information content (AvgIpc) is 2.50. The van der Waals surface area contributed by atoms with Gasteiger partial charge in [-0.15, -0.1) is 0 Å². The number of anilines is 3. The number of carbonyl (C=O) groups excluding carboxylic acids is 1. The molecule has 0 spiro atoms. The molecule has 3 N–H and O–H groups in total. The molecular formula is C15H17N3O3. The Morgan fingerprint density at radius 1 is 1.38 bits per heavy atom. The summed E-state index contributed by atoms with van der Waals surface area (Å²) < 4.78 is 10.3. The van der Waals surface area contributed by atoms with Gasteiger partial charge in [-0.3, -0.25) is 0 Å². The first-order valence-corrected chi connectivity index (χ1v) is 6.48. The number of pyridine rings is 1. The van der Waals surface area contributed by atoms with Gasteiger partial charge in [-0.1, -0.05) is 12.1 Å². The van der Waals surface area contributed by atoms with Crippen LogP contribution in [0, 0.1) is 0 Å². The van der Waals surface area contributed by atoms with Crippen molar-refractivity contribution in [1.82, 2.24) is 4.98 Å². The van der Waals surface area contributed by atoms with Crippen LogP contribution in [0.5, 0.6) is 5.75 Å². The molecule has 0 saturated carbocycles. The number of benzene rings is 1. The zero-order chi connectivity index (χ0) is 15.2. The van der Waals surface area contributed by atoms with E-state index in [4.69, 9.17) is 15.2 Å². The molecular weight excluding hydrogens is 270 g/mol. The number of ether oxygens (including phenoxy) is 2. The number of rotatable bonds is 5. The number of nitrogens with one attached hydrogen (secondary N) is 1. The Morgan fingerprint density at radius 3 is 2.86 bits per heavy atom. The molecule has 1 aromatic carbocycles. The first-order valence-electron chi connectivity index (χ1n) is 6.48. The minimum atomic E-state index is -0.508. The van der Waals surface area contributed by atoms with Gasteiger partial charge in [0.15, 0.2) is 0 Å². The zero-order valence-corrected chi connectivity index (χ0v) is 11.9. The molecule has 0 amide bonds. The minimum absolute atomic E-state index is 0.267. The summed E-state index contributed by atoms with van der Waals surface area (Å²) in [6, 6.07) is 8.92. The molecule has 6 nitrogen and oxygen atoms in total. The Kier molecular flexibility index (Phi) is 4.61. The summed E-state index contributed by atoms with van der Waals surface area (Å²) in [7, 11) is 1.31. The van der Waals surface area contributed by atoms with E-state index in [1.165, 1.54) is 19.4 Å². The van der Waals surface area contributed by atoms with Crippen molar-refractivity contribution in [3.05, 3.63) is 42.1 Å². The Balaban J connectivity index is 2.38. The van der Waals surface area contributed by atoms with Gasteiger partial charge in [0.2, 0.25) is 0 Å². The van der Waals surface area contributed by atoms with Crippen LogP contribution in [0.1, 0.15) is 17.3 Å². The fourth-order valence-corrected chi connectivity index (χ4v) is 1.82. The summed E-state index contributed by atoms with van der Waals surface area (Å²) in [6.45, 7) is 2.44. The van der Waals surface area contributed by atoms with Gasteiger partial charge in [0.1, 0.15) is 17.1 Å². The third-order valence-corrected chi connectivity index (χ3v) is 2.75. The summed E-state index contributed by atoms with van der Waals surface area (Å²) in [5, 5.41) is 3.08. The van der Waals surface area contributed by atoms with Crippen molar-refractivity contribution in [2.75, 3.05) is 24.8 Å². The highest BCUT2D eigenvalue weighted by Crippen LogP contribution is 2.28. The van der Waals surface area contributed by atoms with Gasteiger partial charge in [0.25, 0.3) is 0 Å². The highest BCUT2D eigenvalue weighted by molar-refractivity contribution is 5.96. The van der Waals surface area contributed by atoms with Crippen LogP contribution < -0.4 is 15.8 Å². The van der Waals surface area contributed by atoms with E-state index in [0.29, 0.717) is 29.5 Å². The van der Waals surface area contributed by atoms with Crippen molar-refractivity contribution in [1.29, 1.82) is 0 Å². The quantitative estimate of drug-likeness (QED) is 0.822. The van der Waals surface area contributed by atoms with Crippen LogP contribution in [-0.2, 0) is 4.74 Å². The molecule has 0 aliphatic heterocycles. The second-order valence-electron chi connectivity index (χ2n) is 4.21. The lowest BCUT2D eigenvalue weighted by Crippen LogP contribution is -2.09. The smallest absolute Gasteiger partial charge is 0.341 e. The summed E-state index contributed by atoms with van der Waals surface area (Å²) >= 11 is 0. The largest absolute Gasteiger partial charge is 0.492 e. The van der Waals surface area contributed by atoms with Crippen LogP contribution in [0.2, 0.25) is 0 Å². The van der Waals surface area contributed by atoms with Crippen LogP contribution in [0.4, 0.5) is 17.2 Å². The molecule has 1 aromatic heterocycles. The van der Waals surface area contributed by atoms with Gasteiger partial charge in [0, 0.05) is 0 Å². The van der Waals surface area contributed by atoms with Crippen molar-refractivity contribution in [3.8, 4) is 5.75 Å². The molecule has 2 aromatic rings. The molecule has 6 heteroatoms. The molecule has 0 aliphatic carbocycles. The maximum atomic E-state index is 11.8. The van der Waals surface area contributed by atoms with E-state index in [2.05, 4.69) is 10.3 Å². The molecule has 0 bridgehead atoms. The molecule has 1 heterocycles. The van der Waals surface area contributed by atoms with Gasteiger partial charge >= 0.3 is 5.97 Å². The van der Waals surface area contributed by atoms with Gasteiger partial charge in [-0.05, 0) is 25.1 Å². The second-order valence-corrected chi connectivity index (χ2v) is 4.21. The standard InChI is InChI=1S/C15H17N3O3/c1-3-21-13-7-5-4-6-12(13)18-14-11(15(19)20-2)8-10(16)9-17-14/h4-9H,3,16H2,1-2H3,(H,17,18). The van der Waals surface area contributed by atoms with Gasteiger partial charge in [0.05, 0.1) is 31.3 Å². The average molecular weight is 287 g/mol. The van der Waals surface area contributed by atoms with Crippen molar-refractivity contribution >= 4 is 23.2 Å². The summed E-state index contributed by atoms with van der Waals surface area (Å²) in [6.07, 6.45) is 1.47. The summed E-state index contributed by atoms with van der Waals surface area (Å²) in [4.78, 5) is 15.9. The van der Waals surface area contributed by atoms with Crippen molar-refractivity contribution < 1.29 is 14.3 Å². The van der Waals surface area contributed by atoms with E-state index < -0.39 is 5.97 Å². The van der Waals surface area contributed by atoms with E-state index in [9.17, 15) is 4.79 Å². The van der Waals surface area contributed by atoms with Crippen molar-refractivity contribution in [3.63, 3.8) is 0 Å². The Bertz CT molecular complexity index is 644. The molecule has 0 fully saturated rings. The highest BCUT2D eigenvalue weighted by Gasteiger charge is 2.15. The fourth-order valence-electron chi connectivity index (χ4n) is 1.82. The normalized spacial score (nSPS) is 10.0. The third-order valence-electron chi connectivity index (χ3n) is 2.75. The lowest BCUT2D eigenvalue weighted by atomic mass is 10.2. The predicted octanol–water partition coefficient (Wildman–Crippen LogP) is 2.59. The molecule has 0 unspecified atom stereocenters. The lowest BCUT2D eigenvalue weighted by Gasteiger charge is -2.13. The molecule has 21 heavy (non-hydrogen) atoms. The predicted molar refractivity (Wildman–Crippen MR) is 80.9 cm³/mol. The van der Waals surface area contributed by atoms with Crippen LogP contribution in [0.3, 0.4) is 0 Å². The Morgan fingerprint density at radius 2 is 2.14 bits per heavy atom. The van der Waals surface area contributed by atoms with Crippen molar-refractivity contribution in [2.45, 2.75) is 6.92 Å². The lowest BCUT2D eigenvalue weighted by molar-refractivity contribution is 0.0601. The highest BCUT2D eigenvalue weighted by atomic mass is 16.5. The van der Waals surface area contributed by atoms with Crippen LogP contribution in [0.25, 0.3) is 0 Å². The van der Waals surface area contributed by atoms with E-state index in [0.717, 1.165) is 0 Å². The number of nitrogens with two attached hydrogens (primary N) is 1. The maximum Gasteiger partial charge on any atom is 0.341 e. The number of aromatic nitrogens is 1. The van der Waals surface area contributed by atoms with E-state index in [1.807, 2.05) is 31.2 Å². The van der Waals surface area contributed by atoms with Crippen LogP contribution >= 0.6 is 0 Å². The Hall–Kier alpha value is -2.76. The van der Waals surface area contributed by atoms with Crippen molar-refractivity contribution in [2.24, 2.45) is 0 Å². The number of methoxy groups -OCH3 is 1. The van der Waals surface area contributed by atoms with Gasteiger partial charge in [-0.25, -0.2) is 9.78 Å². The van der Waals surface area contributed by atoms with Crippen LogP contribution in [-0.4, -0.2) is 24.7 Å². The van der Waals surface area contributed by atoms with E-state index in [-0.39, 0.29) is 5.56 Å². The third kappa shape index (κ3) is 3.42. The first kappa shape index (κ1) is 14.6. The number of hydrogen-bond donors (Lipinski definition) is 2. The number of para-hydroxylation sites is 2. The first-order chi connectivity index (χ1) is 10.2. The number of esters is 1. The molecule has 0 saturated heterocycles. The number of nitrogens with zero attached hydrogens (tertiary/aromatic N) is 1. The van der Waals surface area contributed by atoms with Gasteiger partial charge < -0.3 is 20.5 Å². The summed E-state index contributed by atoms with van der Waals surface area (Å²) in [5.41, 5.74) is 7.03. The van der Waals surface area contributed by atoms with Gasteiger partial charge in [-0.2, -0.15) is 0 Å². The molecule has 110 valence electrons. The molecule has 2 rings (SSSR count). The summed E-state index contributed by atoms with van der Waals surface area (Å²) in [5.74, 6) is 0.531. The number of nitrogen functional groups attached to an aromatic ring is 1. The fraction of sp³-hybridized carbons (Fsp3) is 0.200. The minimum Gasteiger partial charge on any atom is -0.492 e. The molecule has 0 aliphatic rings. The van der Waals surface area contributed by atoms with E-state index >= 15 is 0 Å². The monoisotopic (exact) mass is 287 g/mol. The van der Waals surface area contributed by atoms with E-state index in [1.54, 1.807) is 0 Å². The Labute approximate surface area is 122 Å². The van der Waals surface area contributed by atoms with Crippen LogP contribution in [0.15, 0.2) is 36.5 Å². The SMILES string of the molecule is CCOc1ccccc1Nc1ncc(N)cc1C(=O)OC. The topological polar surface area (TPSA) is 86.5 Å². The maximum absolute atomic E-state index is 11.8. The molecule has 0 radical (unpaired) electrons. The zero-order valence-electron chi connectivity index (χ0n) is 11.9. The number of hydrogen-bond acceptors (Lipinski definition) is 6. The molecule has 0 atom stereocenters.